The van der Waals surface area contributed by atoms with Crippen LogP contribution in [-0.2, 0) is 17.8 Å². The number of tetrazole rings is 1. The second-order valence-electron chi connectivity index (χ2n) is 6.36. The molecule has 0 bridgehead atoms. The third-order valence-electron chi connectivity index (χ3n) is 4.49. The maximum atomic E-state index is 13.3. The lowest BCUT2D eigenvalue weighted by molar-refractivity contribution is -0.135. The highest BCUT2D eigenvalue weighted by molar-refractivity contribution is 5.80. The molecular weight excluding hydrogens is 345 g/mol. The Labute approximate surface area is 157 Å². The quantitative estimate of drug-likeness (QED) is 0.644. The molecule has 1 amide bonds. The summed E-state index contributed by atoms with van der Waals surface area (Å²) in [4.78, 5) is 15.1. The van der Waals surface area contributed by atoms with E-state index in [4.69, 9.17) is 0 Å². The minimum atomic E-state index is -0.589. The molecule has 0 aliphatic carbocycles. The molecule has 0 saturated carbocycles. The van der Waals surface area contributed by atoms with Crippen molar-refractivity contribution in [2.45, 2.75) is 32.9 Å². The van der Waals surface area contributed by atoms with Crippen molar-refractivity contribution in [3.63, 3.8) is 0 Å². The molecule has 27 heavy (non-hydrogen) atoms. The SMILES string of the molecule is CCN(Cc1ccccc1)C(=O)C(Cc1ccc(F)cc1)n1nnnc1C. The number of benzene rings is 2. The normalized spacial score (nSPS) is 12.0. The first-order valence-corrected chi connectivity index (χ1v) is 8.90. The van der Waals surface area contributed by atoms with Crippen LogP contribution in [0.5, 0.6) is 0 Å². The van der Waals surface area contributed by atoms with Gasteiger partial charge in [0.25, 0.3) is 0 Å². The Balaban J connectivity index is 1.87. The van der Waals surface area contributed by atoms with Crippen LogP contribution in [0.25, 0.3) is 0 Å². The van der Waals surface area contributed by atoms with Crippen LogP contribution in [0.4, 0.5) is 4.39 Å². The van der Waals surface area contributed by atoms with E-state index in [1.54, 1.807) is 28.6 Å². The molecule has 3 aromatic rings. The molecule has 1 unspecified atom stereocenters. The second-order valence-corrected chi connectivity index (χ2v) is 6.36. The third kappa shape index (κ3) is 4.55. The van der Waals surface area contributed by atoms with E-state index < -0.39 is 6.04 Å². The van der Waals surface area contributed by atoms with Gasteiger partial charge in [0.15, 0.2) is 0 Å². The summed E-state index contributed by atoms with van der Waals surface area (Å²) in [6.45, 7) is 4.78. The molecular formula is C20H22FN5O. The number of rotatable bonds is 7. The van der Waals surface area contributed by atoms with Gasteiger partial charge in [-0.1, -0.05) is 42.5 Å². The first-order valence-electron chi connectivity index (χ1n) is 8.90. The number of likely N-dealkylation sites (N-methyl/N-ethyl adjacent to an activating group) is 1. The molecule has 0 N–H and O–H groups in total. The summed E-state index contributed by atoms with van der Waals surface area (Å²) in [5.41, 5.74) is 1.90. The summed E-state index contributed by atoms with van der Waals surface area (Å²) in [7, 11) is 0. The van der Waals surface area contributed by atoms with Crippen molar-refractivity contribution in [3.05, 3.63) is 77.4 Å². The maximum absolute atomic E-state index is 13.3. The predicted octanol–water partition coefficient (Wildman–Crippen LogP) is 2.95. The smallest absolute Gasteiger partial charge is 0.248 e. The van der Waals surface area contributed by atoms with E-state index in [9.17, 15) is 9.18 Å². The predicted molar refractivity (Wildman–Crippen MR) is 99.2 cm³/mol. The van der Waals surface area contributed by atoms with E-state index in [0.717, 1.165) is 11.1 Å². The number of amides is 1. The summed E-state index contributed by atoms with van der Waals surface area (Å²) in [5.74, 6) is 0.187. The van der Waals surface area contributed by atoms with E-state index in [1.807, 2.05) is 37.3 Å². The van der Waals surface area contributed by atoms with Crippen molar-refractivity contribution in [1.82, 2.24) is 25.1 Å². The highest BCUT2D eigenvalue weighted by atomic mass is 19.1. The molecule has 0 fully saturated rings. The fourth-order valence-electron chi connectivity index (χ4n) is 3.01. The van der Waals surface area contributed by atoms with Crippen molar-refractivity contribution in [3.8, 4) is 0 Å². The molecule has 6 nitrogen and oxygen atoms in total. The van der Waals surface area contributed by atoms with E-state index >= 15 is 0 Å². The van der Waals surface area contributed by atoms with E-state index in [2.05, 4.69) is 15.5 Å². The van der Waals surface area contributed by atoms with Gasteiger partial charge in [0.05, 0.1) is 0 Å². The van der Waals surface area contributed by atoms with Gasteiger partial charge >= 0.3 is 0 Å². The van der Waals surface area contributed by atoms with Crippen LogP contribution in [-0.4, -0.2) is 37.6 Å². The van der Waals surface area contributed by atoms with Crippen LogP contribution in [0.1, 0.15) is 29.9 Å². The molecule has 0 saturated heterocycles. The number of carbonyl (C=O) groups excluding carboxylic acids is 1. The maximum Gasteiger partial charge on any atom is 0.248 e. The van der Waals surface area contributed by atoms with Crippen LogP contribution < -0.4 is 0 Å². The van der Waals surface area contributed by atoms with Gasteiger partial charge in [0.2, 0.25) is 5.91 Å². The Bertz CT molecular complexity index is 879. The summed E-state index contributed by atoms with van der Waals surface area (Å²) >= 11 is 0. The molecule has 0 spiro atoms. The standard InChI is InChI=1S/C20H22FN5O/c1-3-25(14-17-7-5-4-6-8-17)20(27)19(26-15(2)22-23-24-26)13-16-9-11-18(21)12-10-16/h4-12,19H,3,13-14H2,1-2H3. The lowest BCUT2D eigenvalue weighted by atomic mass is 10.0. The Morgan fingerprint density at radius 1 is 1.11 bits per heavy atom. The average molecular weight is 367 g/mol. The Kier molecular flexibility index (Phi) is 5.90. The third-order valence-corrected chi connectivity index (χ3v) is 4.49. The van der Waals surface area contributed by atoms with Gasteiger partial charge in [-0.05, 0) is 47.5 Å². The number of carbonyl (C=O) groups is 1. The van der Waals surface area contributed by atoms with Gasteiger partial charge < -0.3 is 4.90 Å². The summed E-state index contributed by atoms with van der Waals surface area (Å²) in [6.07, 6.45) is 0.385. The van der Waals surface area contributed by atoms with Crippen molar-refractivity contribution in [2.75, 3.05) is 6.54 Å². The summed E-state index contributed by atoms with van der Waals surface area (Å²) in [5, 5.41) is 11.6. The zero-order valence-electron chi connectivity index (χ0n) is 15.4. The van der Waals surface area contributed by atoms with Gasteiger partial charge in [-0.15, -0.1) is 5.10 Å². The number of nitrogens with zero attached hydrogens (tertiary/aromatic N) is 5. The average Bonchev–Trinajstić information content (AvgIpc) is 3.11. The zero-order valence-corrected chi connectivity index (χ0v) is 15.4. The Morgan fingerprint density at radius 2 is 1.81 bits per heavy atom. The molecule has 1 aromatic heterocycles. The minimum Gasteiger partial charge on any atom is -0.337 e. The fourth-order valence-corrected chi connectivity index (χ4v) is 3.01. The minimum absolute atomic E-state index is 0.0684. The van der Waals surface area contributed by atoms with Crippen molar-refractivity contribution < 1.29 is 9.18 Å². The fraction of sp³-hybridized carbons (Fsp3) is 0.300. The number of aryl methyl sites for hydroxylation is 1. The van der Waals surface area contributed by atoms with Crippen molar-refractivity contribution in [2.24, 2.45) is 0 Å². The first-order chi connectivity index (χ1) is 13.1. The molecule has 7 heteroatoms. The topological polar surface area (TPSA) is 63.9 Å². The van der Waals surface area contributed by atoms with Gasteiger partial charge in [-0.25, -0.2) is 9.07 Å². The number of aromatic nitrogens is 4. The Morgan fingerprint density at radius 3 is 2.41 bits per heavy atom. The van der Waals surface area contributed by atoms with E-state index in [1.165, 1.54) is 12.1 Å². The first kappa shape index (κ1) is 18.7. The van der Waals surface area contributed by atoms with Gasteiger partial charge in [-0.3, -0.25) is 4.79 Å². The van der Waals surface area contributed by atoms with Crippen molar-refractivity contribution in [1.29, 1.82) is 0 Å². The zero-order chi connectivity index (χ0) is 19.2. The van der Waals surface area contributed by atoms with Crippen LogP contribution >= 0.6 is 0 Å². The lowest BCUT2D eigenvalue weighted by Crippen LogP contribution is -2.38. The van der Waals surface area contributed by atoms with Crippen molar-refractivity contribution >= 4 is 5.91 Å². The van der Waals surface area contributed by atoms with Crippen LogP contribution in [0.3, 0.4) is 0 Å². The summed E-state index contributed by atoms with van der Waals surface area (Å²) < 4.78 is 14.8. The summed E-state index contributed by atoms with van der Waals surface area (Å²) in [6, 6.07) is 15.4. The van der Waals surface area contributed by atoms with Gasteiger partial charge in [0.1, 0.15) is 17.7 Å². The number of halogens is 1. The van der Waals surface area contributed by atoms with E-state index in [-0.39, 0.29) is 11.7 Å². The lowest BCUT2D eigenvalue weighted by Gasteiger charge is -2.27. The molecule has 2 aromatic carbocycles. The van der Waals surface area contributed by atoms with Crippen LogP contribution in [0.2, 0.25) is 0 Å². The van der Waals surface area contributed by atoms with E-state index in [0.29, 0.717) is 25.3 Å². The molecule has 3 rings (SSSR count). The monoisotopic (exact) mass is 367 g/mol. The highest BCUT2D eigenvalue weighted by Gasteiger charge is 2.28. The molecule has 0 aliphatic rings. The second kappa shape index (κ2) is 8.53. The van der Waals surface area contributed by atoms with Gasteiger partial charge in [0, 0.05) is 19.5 Å². The number of hydrogen-bond donors (Lipinski definition) is 0. The highest BCUT2D eigenvalue weighted by Crippen LogP contribution is 2.19. The van der Waals surface area contributed by atoms with Crippen LogP contribution in [0, 0.1) is 12.7 Å². The molecule has 1 atom stereocenters. The van der Waals surface area contributed by atoms with Gasteiger partial charge in [-0.2, -0.15) is 0 Å². The molecule has 0 aliphatic heterocycles. The molecule has 140 valence electrons. The Hall–Kier alpha value is -3.09. The van der Waals surface area contributed by atoms with Crippen LogP contribution in [0.15, 0.2) is 54.6 Å². The molecule has 1 heterocycles. The molecule has 0 radical (unpaired) electrons. The largest absolute Gasteiger partial charge is 0.337 e. The number of hydrogen-bond acceptors (Lipinski definition) is 4.